The van der Waals surface area contributed by atoms with E-state index in [9.17, 15) is 0 Å². The first-order valence-corrected chi connectivity index (χ1v) is 9.96. The normalized spacial score (nSPS) is 26.4. The van der Waals surface area contributed by atoms with Crippen LogP contribution in [-0.2, 0) is 4.74 Å². The molecule has 0 radical (unpaired) electrons. The maximum absolute atomic E-state index is 6.07. The highest BCUT2D eigenvalue weighted by atomic mass is 127. The number of nitrogens with zero attached hydrogens (tertiary/aromatic N) is 3. The minimum absolute atomic E-state index is 0. The highest BCUT2D eigenvalue weighted by Crippen LogP contribution is 2.27. The Hall–Kier alpha value is -0.120. The molecule has 26 heavy (non-hydrogen) atoms. The van der Waals surface area contributed by atoms with Gasteiger partial charge < -0.3 is 15.8 Å². The molecule has 2 unspecified atom stereocenters. The van der Waals surface area contributed by atoms with Gasteiger partial charge in [-0.2, -0.15) is 0 Å². The zero-order valence-corrected chi connectivity index (χ0v) is 19.5. The fourth-order valence-electron chi connectivity index (χ4n) is 3.94. The number of nitrogens with two attached hydrogens (primary N) is 1. The van der Waals surface area contributed by atoms with E-state index in [1.165, 1.54) is 19.5 Å². The van der Waals surface area contributed by atoms with Gasteiger partial charge in [-0.1, -0.05) is 13.8 Å². The minimum Gasteiger partial charge on any atom is -0.379 e. The third kappa shape index (κ3) is 8.27. The Kier molecular flexibility index (Phi) is 10.7. The van der Waals surface area contributed by atoms with Gasteiger partial charge in [-0.25, -0.2) is 0 Å². The minimum atomic E-state index is 0. The molecule has 2 aliphatic rings. The van der Waals surface area contributed by atoms with Gasteiger partial charge in [0.1, 0.15) is 0 Å². The number of hydrogen-bond acceptors (Lipinski definition) is 4. The lowest BCUT2D eigenvalue weighted by molar-refractivity contribution is 0.0376. The van der Waals surface area contributed by atoms with Crippen LogP contribution in [0.4, 0.5) is 0 Å². The van der Waals surface area contributed by atoms with Gasteiger partial charge in [0, 0.05) is 38.3 Å². The van der Waals surface area contributed by atoms with Crippen molar-refractivity contribution in [1.82, 2.24) is 15.1 Å². The molecule has 2 fully saturated rings. The molecule has 0 aromatic carbocycles. The Morgan fingerprint density at radius 2 is 1.81 bits per heavy atom. The number of rotatable bonds is 7. The second-order valence-electron chi connectivity index (χ2n) is 8.60. The first kappa shape index (κ1) is 23.9. The number of hydrogen-bond donors (Lipinski definition) is 2. The van der Waals surface area contributed by atoms with Crippen molar-refractivity contribution in [3.63, 3.8) is 0 Å². The lowest BCUT2D eigenvalue weighted by atomic mass is 9.88. The predicted molar refractivity (Wildman–Crippen MR) is 120 cm³/mol. The number of likely N-dealkylation sites (tertiary alicyclic amines) is 1. The molecule has 2 heterocycles. The second-order valence-corrected chi connectivity index (χ2v) is 8.60. The molecule has 0 amide bonds. The molecule has 0 bridgehead atoms. The fourth-order valence-corrected chi connectivity index (χ4v) is 3.94. The second kappa shape index (κ2) is 11.7. The van der Waals surface area contributed by atoms with Crippen molar-refractivity contribution in [1.29, 1.82) is 0 Å². The van der Waals surface area contributed by atoms with Crippen LogP contribution in [0, 0.1) is 11.8 Å². The third-order valence-electron chi connectivity index (χ3n) is 5.42. The van der Waals surface area contributed by atoms with Crippen molar-refractivity contribution in [3.8, 4) is 0 Å². The topological polar surface area (TPSA) is 66.1 Å². The van der Waals surface area contributed by atoms with Crippen LogP contribution in [0.15, 0.2) is 4.99 Å². The van der Waals surface area contributed by atoms with Crippen LogP contribution < -0.4 is 11.1 Å². The third-order valence-corrected chi connectivity index (χ3v) is 5.42. The van der Waals surface area contributed by atoms with Crippen molar-refractivity contribution in [2.24, 2.45) is 22.6 Å². The molecule has 3 N–H and O–H groups in total. The van der Waals surface area contributed by atoms with Crippen LogP contribution in [0.2, 0.25) is 0 Å². The summed E-state index contributed by atoms with van der Waals surface area (Å²) in [5, 5.41) is 3.27. The average Bonchev–Trinajstić information content (AvgIpc) is 2.57. The van der Waals surface area contributed by atoms with E-state index in [2.05, 4.69) is 47.8 Å². The van der Waals surface area contributed by atoms with E-state index in [4.69, 9.17) is 10.5 Å². The Morgan fingerprint density at radius 3 is 2.42 bits per heavy atom. The van der Waals surface area contributed by atoms with Gasteiger partial charge in [0.25, 0.3) is 0 Å². The molecule has 7 heteroatoms. The first-order valence-electron chi connectivity index (χ1n) is 9.96. The summed E-state index contributed by atoms with van der Waals surface area (Å²) in [5.74, 6) is 2.11. The average molecular weight is 481 g/mol. The number of guanidine groups is 1. The molecular formula is C19H40IN5O. The first-order chi connectivity index (χ1) is 11.9. The molecular weight excluding hydrogens is 441 g/mol. The van der Waals surface area contributed by atoms with Gasteiger partial charge in [-0.15, -0.1) is 24.0 Å². The monoisotopic (exact) mass is 481 g/mol. The SMILES string of the molecule is CC1CC(C)CN(C(C)(C)CN=C(N)NCCCN2CCOCC2)C1.I. The van der Waals surface area contributed by atoms with Gasteiger partial charge in [-0.3, -0.25) is 14.8 Å². The van der Waals surface area contributed by atoms with E-state index >= 15 is 0 Å². The molecule has 154 valence electrons. The standard InChI is InChI=1S/C19H39N5O.HI/c1-16-12-17(2)14-24(13-16)19(3,4)15-22-18(20)21-6-5-7-23-8-10-25-11-9-23;/h16-17H,5-15H2,1-4H3,(H3,20,21,22);1H. The van der Waals surface area contributed by atoms with Gasteiger partial charge in [0.2, 0.25) is 0 Å². The van der Waals surface area contributed by atoms with Crippen LogP contribution >= 0.6 is 24.0 Å². The summed E-state index contributed by atoms with van der Waals surface area (Å²) in [7, 11) is 0. The molecule has 0 aromatic heterocycles. The molecule has 2 aliphatic heterocycles. The zero-order chi connectivity index (χ0) is 18.3. The number of ether oxygens (including phenoxy) is 1. The smallest absolute Gasteiger partial charge is 0.188 e. The van der Waals surface area contributed by atoms with E-state index < -0.39 is 0 Å². The van der Waals surface area contributed by atoms with Gasteiger partial charge in [0.05, 0.1) is 19.8 Å². The predicted octanol–water partition coefficient (Wildman–Crippen LogP) is 1.99. The van der Waals surface area contributed by atoms with Crippen LogP contribution in [0.3, 0.4) is 0 Å². The number of morpholine rings is 1. The van der Waals surface area contributed by atoms with E-state index in [1.54, 1.807) is 0 Å². The quantitative estimate of drug-likeness (QED) is 0.252. The van der Waals surface area contributed by atoms with Crippen LogP contribution in [0.25, 0.3) is 0 Å². The molecule has 2 saturated heterocycles. The van der Waals surface area contributed by atoms with E-state index in [-0.39, 0.29) is 29.5 Å². The molecule has 2 atom stereocenters. The van der Waals surface area contributed by atoms with E-state index in [0.717, 1.165) is 64.2 Å². The molecule has 6 nitrogen and oxygen atoms in total. The highest BCUT2D eigenvalue weighted by Gasteiger charge is 2.32. The maximum atomic E-state index is 6.07. The summed E-state index contributed by atoms with van der Waals surface area (Å²) in [6, 6.07) is 0. The van der Waals surface area contributed by atoms with Crippen LogP contribution in [0.1, 0.15) is 40.5 Å². The lowest BCUT2D eigenvalue weighted by Gasteiger charge is -2.44. The van der Waals surface area contributed by atoms with Crippen LogP contribution in [-0.4, -0.2) is 80.3 Å². The Balaban J connectivity index is 0.00000338. The van der Waals surface area contributed by atoms with Crippen molar-refractivity contribution < 1.29 is 4.74 Å². The summed E-state index contributed by atoms with van der Waals surface area (Å²) in [4.78, 5) is 9.64. The fraction of sp³-hybridized carbons (Fsp3) is 0.947. The summed E-state index contributed by atoms with van der Waals surface area (Å²) in [6.45, 7) is 18.1. The molecule has 0 aliphatic carbocycles. The number of aliphatic imine (C=N–C) groups is 1. The van der Waals surface area contributed by atoms with Crippen molar-refractivity contribution in [3.05, 3.63) is 0 Å². The largest absolute Gasteiger partial charge is 0.379 e. The Labute approximate surface area is 177 Å². The van der Waals surface area contributed by atoms with Gasteiger partial charge in [-0.05, 0) is 45.1 Å². The summed E-state index contributed by atoms with van der Waals surface area (Å²) < 4.78 is 5.37. The Bertz CT molecular complexity index is 416. The molecule has 0 saturated carbocycles. The summed E-state index contributed by atoms with van der Waals surface area (Å²) in [6.07, 6.45) is 2.42. The molecule has 2 rings (SSSR count). The van der Waals surface area contributed by atoms with Crippen molar-refractivity contribution in [2.45, 2.75) is 46.1 Å². The number of nitrogens with one attached hydrogen (secondary N) is 1. The van der Waals surface area contributed by atoms with Gasteiger partial charge >= 0.3 is 0 Å². The van der Waals surface area contributed by atoms with E-state index in [0.29, 0.717) is 5.96 Å². The van der Waals surface area contributed by atoms with Gasteiger partial charge in [0.15, 0.2) is 5.96 Å². The number of piperidine rings is 1. The summed E-state index contributed by atoms with van der Waals surface area (Å²) in [5.41, 5.74) is 6.13. The van der Waals surface area contributed by atoms with Crippen LogP contribution in [0.5, 0.6) is 0 Å². The zero-order valence-electron chi connectivity index (χ0n) is 17.2. The Morgan fingerprint density at radius 1 is 1.19 bits per heavy atom. The lowest BCUT2D eigenvalue weighted by Crippen LogP contribution is -2.53. The van der Waals surface area contributed by atoms with Crippen molar-refractivity contribution >= 4 is 29.9 Å². The molecule has 0 spiro atoms. The number of halogens is 1. The molecule has 0 aromatic rings. The summed E-state index contributed by atoms with van der Waals surface area (Å²) >= 11 is 0. The highest BCUT2D eigenvalue weighted by molar-refractivity contribution is 14.0. The van der Waals surface area contributed by atoms with Crippen molar-refractivity contribution in [2.75, 3.05) is 59.0 Å². The maximum Gasteiger partial charge on any atom is 0.188 e. The van der Waals surface area contributed by atoms with E-state index in [1.807, 2.05) is 0 Å².